The normalized spacial score (nSPS) is 10.7. The Labute approximate surface area is 132 Å². The Kier molecular flexibility index (Phi) is 3.81. The molecule has 4 nitrogen and oxygen atoms in total. The Hall–Kier alpha value is -2.40. The summed E-state index contributed by atoms with van der Waals surface area (Å²) >= 11 is 1.57. The zero-order chi connectivity index (χ0) is 15.7. The summed E-state index contributed by atoms with van der Waals surface area (Å²) in [6.45, 7) is 6.01. The minimum absolute atomic E-state index is 0.264. The first kappa shape index (κ1) is 14.5. The van der Waals surface area contributed by atoms with E-state index in [1.54, 1.807) is 11.3 Å². The second kappa shape index (κ2) is 5.77. The number of carbonyl (C=O) groups is 1. The highest BCUT2D eigenvalue weighted by atomic mass is 32.1. The van der Waals surface area contributed by atoms with Gasteiger partial charge >= 0.3 is 0 Å². The van der Waals surface area contributed by atoms with Crippen LogP contribution in [0.4, 0.5) is 5.69 Å². The molecule has 0 bridgehead atoms. The van der Waals surface area contributed by atoms with Gasteiger partial charge in [-0.3, -0.25) is 4.79 Å². The minimum Gasteiger partial charge on any atom is -0.442 e. The maximum Gasteiger partial charge on any atom is 0.278 e. The van der Waals surface area contributed by atoms with Gasteiger partial charge in [-0.15, -0.1) is 11.3 Å². The van der Waals surface area contributed by atoms with Crippen LogP contribution >= 0.6 is 11.3 Å². The van der Waals surface area contributed by atoms with Gasteiger partial charge in [-0.25, -0.2) is 4.98 Å². The molecular formula is C17H16N2O2S. The van der Waals surface area contributed by atoms with Gasteiger partial charge in [-0.2, -0.15) is 0 Å². The summed E-state index contributed by atoms with van der Waals surface area (Å²) in [4.78, 5) is 18.6. The fourth-order valence-corrected chi connectivity index (χ4v) is 3.23. The predicted molar refractivity (Wildman–Crippen MR) is 88.4 cm³/mol. The first-order valence-corrected chi connectivity index (χ1v) is 7.74. The van der Waals surface area contributed by atoms with E-state index in [2.05, 4.69) is 16.4 Å². The third-order valence-corrected chi connectivity index (χ3v) is 4.23. The van der Waals surface area contributed by atoms with E-state index in [-0.39, 0.29) is 5.91 Å². The molecule has 0 saturated carbocycles. The van der Waals surface area contributed by atoms with Crippen molar-refractivity contribution in [2.24, 2.45) is 0 Å². The standard InChI is InChI=1S/C17H16N2O2S/c1-10-6-11(2)8-13(7-10)19-17(20)15-16(21-9-18-15)14-5-4-12(3)22-14/h4-9H,1-3H3,(H,19,20). The first-order valence-electron chi connectivity index (χ1n) is 6.93. The van der Waals surface area contributed by atoms with Crippen LogP contribution in [0.5, 0.6) is 0 Å². The molecule has 0 spiro atoms. The van der Waals surface area contributed by atoms with Gasteiger partial charge in [0.05, 0.1) is 4.88 Å². The number of thiophene rings is 1. The smallest absolute Gasteiger partial charge is 0.278 e. The molecule has 2 aromatic heterocycles. The molecular weight excluding hydrogens is 296 g/mol. The fraction of sp³-hybridized carbons (Fsp3) is 0.176. The summed E-state index contributed by atoms with van der Waals surface area (Å²) in [5, 5.41) is 2.89. The van der Waals surface area contributed by atoms with Gasteiger partial charge in [0.2, 0.25) is 0 Å². The Balaban J connectivity index is 1.89. The molecule has 0 aliphatic heterocycles. The number of carbonyl (C=O) groups excluding carboxylic acids is 1. The molecule has 1 N–H and O–H groups in total. The number of nitrogens with zero attached hydrogens (tertiary/aromatic N) is 1. The van der Waals surface area contributed by atoms with Crippen LogP contribution in [0.2, 0.25) is 0 Å². The van der Waals surface area contributed by atoms with E-state index in [4.69, 9.17) is 4.42 Å². The monoisotopic (exact) mass is 312 g/mol. The second-order valence-electron chi connectivity index (χ2n) is 5.27. The highest BCUT2D eigenvalue weighted by Gasteiger charge is 2.19. The van der Waals surface area contributed by atoms with E-state index in [1.807, 2.05) is 45.0 Å². The molecule has 3 rings (SSSR count). The molecule has 1 aromatic carbocycles. The van der Waals surface area contributed by atoms with E-state index in [0.29, 0.717) is 11.5 Å². The minimum atomic E-state index is -0.264. The van der Waals surface area contributed by atoms with Crippen molar-refractivity contribution in [1.29, 1.82) is 0 Å². The number of aromatic nitrogens is 1. The van der Waals surface area contributed by atoms with E-state index >= 15 is 0 Å². The largest absolute Gasteiger partial charge is 0.442 e. The van der Waals surface area contributed by atoms with Crippen molar-refractivity contribution < 1.29 is 9.21 Å². The molecule has 2 heterocycles. The van der Waals surface area contributed by atoms with E-state index in [1.165, 1.54) is 6.39 Å². The van der Waals surface area contributed by atoms with E-state index in [0.717, 1.165) is 26.6 Å². The molecule has 3 aromatic rings. The van der Waals surface area contributed by atoms with Crippen LogP contribution < -0.4 is 5.32 Å². The lowest BCUT2D eigenvalue weighted by atomic mass is 10.1. The van der Waals surface area contributed by atoms with Crippen LogP contribution in [-0.2, 0) is 0 Å². The number of amides is 1. The lowest BCUT2D eigenvalue weighted by Crippen LogP contribution is -2.13. The van der Waals surface area contributed by atoms with Crippen molar-refractivity contribution in [2.75, 3.05) is 5.32 Å². The van der Waals surface area contributed by atoms with Crippen molar-refractivity contribution in [3.63, 3.8) is 0 Å². The molecule has 0 unspecified atom stereocenters. The Morgan fingerprint density at radius 3 is 2.50 bits per heavy atom. The molecule has 0 aliphatic rings. The van der Waals surface area contributed by atoms with Crippen molar-refractivity contribution in [2.45, 2.75) is 20.8 Å². The summed E-state index contributed by atoms with van der Waals surface area (Å²) in [6, 6.07) is 9.85. The van der Waals surface area contributed by atoms with Crippen LogP contribution in [0.3, 0.4) is 0 Å². The van der Waals surface area contributed by atoms with Gasteiger partial charge in [0, 0.05) is 10.6 Å². The summed E-state index contributed by atoms with van der Waals surface area (Å²) in [7, 11) is 0. The average Bonchev–Trinajstić information content (AvgIpc) is 3.05. The van der Waals surface area contributed by atoms with Gasteiger partial charge in [0.15, 0.2) is 17.8 Å². The highest BCUT2D eigenvalue weighted by molar-refractivity contribution is 7.15. The third kappa shape index (κ3) is 2.94. The second-order valence-corrected chi connectivity index (χ2v) is 6.56. The van der Waals surface area contributed by atoms with E-state index in [9.17, 15) is 4.79 Å². The summed E-state index contributed by atoms with van der Waals surface area (Å²) < 4.78 is 5.41. The maximum atomic E-state index is 12.5. The van der Waals surface area contributed by atoms with E-state index < -0.39 is 0 Å². The van der Waals surface area contributed by atoms with Gasteiger partial charge in [0.1, 0.15) is 0 Å². The quantitative estimate of drug-likeness (QED) is 0.770. The molecule has 0 fully saturated rings. The molecule has 0 atom stereocenters. The van der Waals surface area contributed by atoms with Gasteiger partial charge in [0.25, 0.3) is 5.91 Å². The number of anilines is 1. The van der Waals surface area contributed by atoms with Gasteiger partial charge in [-0.05, 0) is 56.2 Å². The maximum absolute atomic E-state index is 12.5. The van der Waals surface area contributed by atoms with Crippen LogP contribution in [-0.4, -0.2) is 10.9 Å². The van der Waals surface area contributed by atoms with Gasteiger partial charge in [-0.1, -0.05) is 6.07 Å². The highest BCUT2D eigenvalue weighted by Crippen LogP contribution is 2.30. The summed E-state index contributed by atoms with van der Waals surface area (Å²) in [5.41, 5.74) is 3.27. The molecule has 112 valence electrons. The predicted octanol–water partition coefficient (Wildman–Crippen LogP) is 4.58. The molecule has 0 saturated heterocycles. The third-order valence-electron chi connectivity index (χ3n) is 3.23. The lowest BCUT2D eigenvalue weighted by molar-refractivity contribution is 0.102. The number of hydrogen-bond acceptors (Lipinski definition) is 4. The van der Waals surface area contributed by atoms with Crippen molar-refractivity contribution in [3.05, 3.63) is 58.4 Å². The SMILES string of the molecule is Cc1cc(C)cc(NC(=O)c2ncoc2-c2ccc(C)s2)c1. The Morgan fingerprint density at radius 2 is 1.86 bits per heavy atom. The number of nitrogens with one attached hydrogen (secondary N) is 1. The fourth-order valence-electron chi connectivity index (χ4n) is 2.38. The van der Waals surface area contributed by atoms with Crippen LogP contribution in [0.15, 0.2) is 41.1 Å². The Bertz CT molecular complexity index is 813. The topological polar surface area (TPSA) is 55.1 Å². The van der Waals surface area contributed by atoms with Crippen molar-refractivity contribution >= 4 is 22.9 Å². The lowest BCUT2D eigenvalue weighted by Gasteiger charge is -2.06. The summed E-state index contributed by atoms with van der Waals surface area (Å²) in [5.74, 6) is 0.250. The molecule has 0 radical (unpaired) electrons. The van der Waals surface area contributed by atoms with Crippen LogP contribution in [0.25, 0.3) is 10.6 Å². The number of benzene rings is 1. The number of hydrogen-bond donors (Lipinski definition) is 1. The molecule has 22 heavy (non-hydrogen) atoms. The number of rotatable bonds is 3. The van der Waals surface area contributed by atoms with Crippen molar-refractivity contribution in [3.8, 4) is 10.6 Å². The zero-order valence-corrected chi connectivity index (χ0v) is 13.5. The summed E-state index contributed by atoms with van der Waals surface area (Å²) in [6.07, 6.45) is 1.31. The number of aryl methyl sites for hydroxylation is 3. The number of oxazole rings is 1. The molecule has 5 heteroatoms. The van der Waals surface area contributed by atoms with Crippen LogP contribution in [0, 0.1) is 20.8 Å². The van der Waals surface area contributed by atoms with Crippen molar-refractivity contribution in [1.82, 2.24) is 4.98 Å². The average molecular weight is 312 g/mol. The van der Waals surface area contributed by atoms with Gasteiger partial charge < -0.3 is 9.73 Å². The Morgan fingerprint density at radius 1 is 1.14 bits per heavy atom. The first-order chi connectivity index (χ1) is 10.5. The molecule has 1 amide bonds. The van der Waals surface area contributed by atoms with Crippen LogP contribution in [0.1, 0.15) is 26.5 Å². The molecule has 0 aliphatic carbocycles. The zero-order valence-electron chi connectivity index (χ0n) is 12.6.